The molecule has 0 saturated heterocycles. The summed E-state index contributed by atoms with van der Waals surface area (Å²) < 4.78 is 6.10. The highest BCUT2D eigenvalue weighted by atomic mass is 16.5. The lowest BCUT2D eigenvalue weighted by molar-refractivity contribution is 0.0347. The minimum absolute atomic E-state index is 0.0423. The summed E-state index contributed by atoms with van der Waals surface area (Å²) in [4.78, 5) is 0. The molecule has 0 aromatic heterocycles. The van der Waals surface area contributed by atoms with Crippen molar-refractivity contribution in [2.75, 3.05) is 6.61 Å². The largest absolute Gasteiger partial charge is 0.376 e. The normalized spacial score (nSPS) is 18.5. The zero-order valence-corrected chi connectivity index (χ0v) is 12.6. The monoisotopic (exact) mass is 283 g/mol. The molecule has 1 saturated carbocycles. The number of nitrogens with two attached hydrogens (primary N) is 1. The molecular formula is C19H25NO. The maximum Gasteiger partial charge on any atom is 0.0663 e. The van der Waals surface area contributed by atoms with E-state index in [1.165, 1.54) is 54.9 Å². The fraction of sp³-hybridized carbons (Fsp3) is 0.474. The molecule has 2 aromatic carbocycles. The van der Waals surface area contributed by atoms with E-state index in [0.717, 1.165) is 0 Å². The van der Waals surface area contributed by atoms with Gasteiger partial charge in [0, 0.05) is 0 Å². The van der Waals surface area contributed by atoms with Gasteiger partial charge in [-0.05, 0) is 29.2 Å². The second kappa shape index (κ2) is 7.06. The van der Waals surface area contributed by atoms with Crippen molar-refractivity contribution in [3.63, 3.8) is 0 Å². The molecule has 0 heterocycles. The van der Waals surface area contributed by atoms with Crippen molar-refractivity contribution in [3.05, 3.63) is 48.0 Å². The Morgan fingerprint density at radius 2 is 1.67 bits per heavy atom. The number of hydrogen-bond acceptors (Lipinski definition) is 2. The van der Waals surface area contributed by atoms with Crippen molar-refractivity contribution in [2.45, 2.75) is 50.7 Å². The third-order valence-corrected chi connectivity index (χ3v) is 4.54. The summed E-state index contributed by atoms with van der Waals surface area (Å²) in [5.74, 6) is 0. The summed E-state index contributed by atoms with van der Waals surface area (Å²) in [5.41, 5.74) is 7.59. The first-order valence-corrected chi connectivity index (χ1v) is 8.19. The summed E-state index contributed by atoms with van der Waals surface area (Å²) in [7, 11) is 0. The molecule has 1 atom stereocenters. The topological polar surface area (TPSA) is 35.2 Å². The van der Waals surface area contributed by atoms with E-state index in [-0.39, 0.29) is 6.04 Å². The molecular weight excluding hydrogens is 258 g/mol. The first-order valence-electron chi connectivity index (χ1n) is 8.19. The van der Waals surface area contributed by atoms with Crippen molar-refractivity contribution in [1.29, 1.82) is 0 Å². The van der Waals surface area contributed by atoms with E-state index in [1.807, 2.05) is 0 Å². The number of hydrogen-bond donors (Lipinski definition) is 1. The molecule has 3 rings (SSSR count). The van der Waals surface area contributed by atoms with E-state index in [1.54, 1.807) is 0 Å². The predicted molar refractivity (Wildman–Crippen MR) is 88.3 cm³/mol. The first-order chi connectivity index (χ1) is 10.3. The Hall–Kier alpha value is -1.38. The quantitative estimate of drug-likeness (QED) is 0.834. The van der Waals surface area contributed by atoms with Crippen LogP contribution in [0, 0.1) is 0 Å². The molecule has 0 spiro atoms. The van der Waals surface area contributed by atoms with Crippen LogP contribution >= 0.6 is 0 Å². The Bertz CT molecular complexity index is 567. The van der Waals surface area contributed by atoms with Gasteiger partial charge in [0.05, 0.1) is 18.8 Å². The molecule has 0 radical (unpaired) electrons. The Balaban J connectivity index is 1.67. The van der Waals surface area contributed by atoms with E-state index in [2.05, 4.69) is 42.5 Å². The van der Waals surface area contributed by atoms with E-state index in [9.17, 15) is 0 Å². The van der Waals surface area contributed by atoms with Crippen molar-refractivity contribution in [3.8, 4) is 0 Å². The Labute approximate surface area is 127 Å². The molecule has 0 aliphatic heterocycles. The highest BCUT2D eigenvalue weighted by Gasteiger charge is 2.16. The maximum atomic E-state index is 6.39. The van der Waals surface area contributed by atoms with Crippen LogP contribution in [0.25, 0.3) is 10.8 Å². The minimum Gasteiger partial charge on any atom is -0.376 e. The highest BCUT2D eigenvalue weighted by molar-refractivity contribution is 5.86. The second-order valence-corrected chi connectivity index (χ2v) is 6.12. The van der Waals surface area contributed by atoms with E-state index >= 15 is 0 Å². The van der Waals surface area contributed by atoms with E-state index in [0.29, 0.717) is 12.7 Å². The minimum atomic E-state index is -0.0423. The Kier molecular flexibility index (Phi) is 4.89. The summed E-state index contributed by atoms with van der Waals surface area (Å²) in [6, 6.07) is 14.7. The first kappa shape index (κ1) is 14.6. The van der Waals surface area contributed by atoms with Gasteiger partial charge in [0.2, 0.25) is 0 Å². The van der Waals surface area contributed by atoms with Gasteiger partial charge in [-0.2, -0.15) is 0 Å². The third kappa shape index (κ3) is 3.63. The van der Waals surface area contributed by atoms with Crippen LogP contribution in [0.3, 0.4) is 0 Å². The van der Waals surface area contributed by atoms with Gasteiger partial charge in [-0.25, -0.2) is 0 Å². The second-order valence-electron chi connectivity index (χ2n) is 6.12. The summed E-state index contributed by atoms with van der Waals surface area (Å²) >= 11 is 0. The fourth-order valence-electron chi connectivity index (χ4n) is 3.31. The zero-order valence-electron chi connectivity index (χ0n) is 12.6. The van der Waals surface area contributed by atoms with E-state index < -0.39 is 0 Å². The van der Waals surface area contributed by atoms with Gasteiger partial charge >= 0.3 is 0 Å². The number of fused-ring (bicyclic) bond motifs is 1. The van der Waals surface area contributed by atoms with Gasteiger partial charge in [-0.15, -0.1) is 0 Å². The number of benzene rings is 2. The highest BCUT2D eigenvalue weighted by Crippen LogP contribution is 2.25. The van der Waals surface area contributed by atoms with E-state index in [4.69, 9.17) is 10.5 Å². The van der Waals surface area contributed by atoms with Crippen LogP contribution in [-0.2, 0) is 4.74 Å². The van der Waals surface area contributed by atoms with Gasteiger partial charge < -0.3 is 10.5 Å². The third-order valence-electron chi connectivity index (χ3n) is 4.54. The van der Waals surface area contributed by atoms with Crippen molar-refractivity contribution in [1.82, 2.24) is 0 Å². The molecule has 1 aliphatic rings. The molecule has 1 fully saturated rings. The lowest BCUT2D eigenvalue weighted by atomic mass is 9.99. The van der Waals surface area contributed by atoms with Crippen LogP contribution in [0.2, 0.25) is 0 Å². The van der Waals surface area contributed by atoms with Gasteiger partial charge in [0.1, 0.15) is 0 Å². The molecule has 2 aromatic rings. The van der Waals surface area contributed by atoms with Crippen molar-refractivity contribution in [2.24, 2.45) is 5.73 Å². The molecule has 112 valence electrons. The fourth-order valence-corrected chi connectivity index (χ4v) is 3.31. The standard InChI is InChI=1S/C19H25NO/c20-19(14-21-16-10-3-1-2-4-11-16)18-13-7-9-15-8-5-6-12-17(15)18/h5-9,12-13,16,19H,1-4,10-11,14,20H2. The Morgan fingerprint density at radius 3 is 2.48 bits per heavy atom. The van der Waals surface area contributed by atoms with Crippen LogP contribution in [0.1, 0.15) is 50.1 Å². The lowest BCUT2D eigenvalue weighted by Gasteiger charge is -2.20. The predicted octanol–water partition coefficient (Wildman–Crippen LogP) is 4.58. The molecule has 1 unspecified atom stereocenters. The molecule has 21 heavy (non-hydrogen) atoms. The van der Waals surface area contributed by atoms with Crippen LogP contribution in [-0.4, -0.2) is 12.7 Å². The van der Waals surface area contributed by atoms with Gasteiger partial charge in [-0.3, -0.25) is 0 Å². The molecule has 2 heteroatoms. The maximum absolute atomic E-state index is 6.39. The number of ether oxygens (including phenoxy) is 1. The molecule has 0 amide bonds. The zero-order chi connectivity index (χ0) is 14.5. The molecule has 2 nitrogen and oxygen atoms in total. The van der Waals surface area contributed by atoms with Crippen molar-refractivity contribution >= 4 is 10.8 Å². The van der Waals surface area contributed by atoms with Crippen LogP contribution in [0.4, 0.5) is 0 Å². The van der Waals surface area contributed by atoms with Gasteiger partial charge in [-0.1, -0.05) is 68.1 Å². The summed E-state index contributed by atoms with van der Waals surface area (Å²) in [6.45, 7) is 0.624. The van der Waals surface area contributed by atoms with Crippen molar-refractivity contribution < 1.29 is 4.74 Å². The smallest absolute Gasteiger partial charge is 0.0663 e. The van der Waals surface area contributed by atoms with Gasteiger partial charge in [0.25, 0.3) is 0 Å². The Morgan fingerprint density at radius 1 is 0.952 bits per heavy atom. The van der Waals surface area contributed by atoms with Crippen LogP contribution in [0.5, 0.6) is 0 Å². The van der Waals surface area contributed by atoms with Gasteiger partial charge in [0.15, 0.2) is 0 Å². The summed E-state index contributed by atoms with van der Waals surface area (Å²) in [6.07, 6.45) is 8.12. The average molecular weight is 283 g/mol. The number of rotatable bonds is 4. The average Bonchev–Trinajstić information content (AvgIpc) is 2.81. The van der Waals surface area contributed by atoms with Crippen LogP contribution < -0.4 is 5.73 Å². The summed E-state index contributed by atoms with van der Waals surface area (Å²) in [5, 5.41) is 2.50. The molecule has 0 bridgehead atoms. The SMILES string of the molecule is NC(COC1CCCCCC1)c1cccc2ccccc12. The molecule has 1 aliphatic carbocycles. The van der Waals surface area contributed by atoms with Crippen LogP contribution in [0.15, 0.2) is 42.5 Å². The lowest BCUT2D eigenvalue weighted by Crippen LogP contribution is -2.22. The molecule has 2 N–H and O–H groups in total.